The lowest BCUT2D eigenvalue weighted by atomic mass is 10.1. The topological polar surface area (TPSA) is 68.8 Å². The van der Waals surface area contributed by atoms with Crippen molar-refractivity contribution in [2.45, 2.75) is 31.7 Å². The van der Waals surface area contributed by atoms with Gasteiger partial charge in [-0.1, -0.05) is 0 Å². The average Bonchev–Trinajstić information content (AvgIpc) is 3.49. The van der Waals surface area contributed by atoms with Gasteiger partial charge in [-0.3, -0.25) is 4.79 Å². The lowest BCUT2D eigenvalue weighted by molar-refractivity contribution is -0.120. The van der Waals surface area contributed by atoms with Gasteiger partial charge in [0, 0.05) is 23.9 Å². The van der Waals surface area contributed by atoms with Crippen LogP contribution in [0.4, 0.5) is 5.69 Å². The van der Waals surface area contributed by atoms with Gasteiger partial charge in [0.15, 0.2) is 11.5 Å². The molecule has 0 aliphatic heterocycles. The van der Waals surface area contributed by atoms with Gasteiger partial charge in [0.2, 0.25) is 11.7 Å². The number of rotatable bonds is 9. The van der Waals surface area contributed by atoms with Crippen LogP contribution in [0.15, 0.2) is 12.1 Å². The molecule has 1 aromatic carbocycles. The molecule has 0 radical (unpaired) electrons. The summed E-state index contributed by atoms with van der Waals surface area (Å²) in [6.45, 7) is 0.231. The normalized spacial score (nSPS) is 16.7. The van der Waals surface area contributed by atoms with Gasteiger partial charge >= 0.3 is 0 Å². The molecule has 0 atom stereocenters. The van der Waals surface area contributed by atoms with Crippen molar-refractivity contribution in [1.29, 1.82) is 0 Å². The summed E-state index contributed by atoms with van der Waals surface area (Å²) in [5, 5.41) is 6.34. The summed E-state index contributed by atoms with van der Waals surface area (Å²) in [5.41, 5.74) is 0.758. The molecule has 0 bridgehead atoms. The summed E-state index contributed by atoms with van der Waals surface area (Å²) in [6, 6.07) is 3.97. The molecule has 6 heteroatoms. The van der Waals surface area contributed by atoms with Crippen molar-refractivity contribution < 1.29 is 19.0 Å². The number of carbonyl (C=O) groups excluding carboxylic acids is 1. The second-order valence-corrected chi connectivity index (χ2v) is 6.54. The molecule has 2 aliphatic rings. The first-order valence-corrected chi connectivity index (χ1v) is 8.49. The first kappa shape index (κ1) is 16.7. The van der Waals surface area contributed by atoms with Crippen molar-refractivity contribution in [2.24, 2.45) is 11.8 Å². The van der Waals surface area contributed by atoms with Gasteiger partial charge in [-0.25, -0.2) is 0 Å². The van der Waals surface area contributed by atoms with E-state index in [4.69, 9.17) is 14.2 Å². The summed E-state index contributed by atoms with van der Waals surface area (Å²) < 4.78 is 16.0. The molecule has 24 heavy (non-hydrogen) atoms. The molecule has 0 aromatic heterocycles. The highest BCUT2D eigenvalue weighted by Gasteiger charge is 2.42. The molecule has 1 amide bonds. The highest BCUT2D eigenvalue weighted by Crippen LogP contribution is 2.44. The zero-order valence-electron chi connectivity index (χ0n) is 14.6. The Balaban J connectivity index is 1.60. The summed E-state index contributed by atoms with van der Waals surface area (Å²) in [6.07, 6.45) is 5.01. The van der Waals surface area contributed by atoms with Gasteiger partial charge in [0.25, 0.3) is 0 Å². The van der Waals surface area contributed by atoms with Crippen molar-refractivity contribution in [2.75, 3.05) is 33.2 Å². The zero-order chi connectivity index (χ0) is 17.1. The Morgan fingerprint density at radius 2 is 1.58 bits per heavy atom. The van der Waals surface area contributed by atoms with Gasteiger partial charge < -0.3 is 24.8 Å². The fourth-order valence-electron chi connectivity index (χ4n) is 3.13. The number of anilines is 1. The standard InChI is InChI=1S/C18H26N2O4/c1-22-14-8-13(9-15(23-2)18(14)24-3)19-10-16(21)20-17(11-4-5-11)12-6-7-12/h8-9,11-12,17,19H,4-7,10H2,1-3H3,(H,20,21). The maximum atomic E-state index is 12.3. The first-order valence-electron chi connectivity index (χ1n) is 8.49. The molecule has 3 rings (SSSR count). The lowest BCUT2D eigenvalue weighted by Gasteiger charge is -2.18. The van der Waals surface area contributed by atoms with Crippen LogP contribution in [-0.4, -0.2) is 39.8 Å². The highest BCUT2D eigenvalue weighted by molar-refractivity contribution is 5.81. The van der Waals surface area contributed by atoms with E-state index in [1.807, 2.05) is 0 Å². The minimum atomic E-state index is 0.0348. The molecule has 1 aromatic rings. The quantitative estimate of drug-likeness (QED) is 0.726. The second-order valence-electron chi connectivity index (χ2n) is 6.54. The van der Waals surface area contributed by atoms with Gasteiger partial charge in [0.05, 0.1) is 27.9 Å². The van der Waals surface area contributed by atoms with E-state index >= 15 is 0 Å². The molecule has 2 saturated carbocycles. The number of methoxy groups -OCH3 is 3. The van der Waals surface area contributed by atoms with Crippen molar-refractivity contribution in [3.05, 3.63) is 12.1 Å². The fraction of sp³-hybridized carbons (Fsp3) is 0.611. The number of carbonyl (C=O) groups is 1. The molecule has 132 valence electrons. The highest BCUT2D eigenvalue weighted by atomic mass is 16.5. The number of benzene rings is 1. The Morgan fingerprint density at radius 1 is 1.04 bits per heavy atom. The summed E-state index contributed by atoms with van der Waals surface area (Å²) >= 11 is 0. The Labute approximate surface area is 142 Å². The largest absolute Gasteiger partial charge is 0.493 e. The molecule has 2 N–H and O–H groups in total. The van der Waals surface area contributed by atoms with E-state index < -0.39 is 0 Å². The van der Waals surface area contributed by atoms with Crippen molar-refractivity contribution in [1.82, 2.24) is 5.32 Å². The molecule has 0 saturated heterocycles. The summed E-state index contributed by atoms with van der Waals surface area (Å²) in [4.78, 5) is 12.3. The van der Waals surface area contributed by atoms with Crippen LogP contribution >= 0.6 is 0 Å². The van der Waals surface area contributed by atoms with Crippen LogP contribution in [0.3, 0.4) is 0 Å². The van der Waals surface area contributed by atoms with E-state index in [1.54, 1.807) is 33.5 Å². The number of ether oxygens (including phenoxy) is 3. The Morgan fingerprint density at radius 3 is 2.00 bits per heavy atom. The van der Waals surface area contributed by atoms with Crippen molar-refractivity contribution >= 4 is 11.6 Å². The van der Waals surface area contributed by atoms with Crippen molar-refractivity contribution in [3.63, 3.8) is 0 Å². The van der Waals surface area contributed by atoms with E-state index in [-0.39, 0.29) is 12.5 Å². The minimum Gasteiger partial charge on any atom is -0.493 e. The Hall–Kier alpha value is -2.11. The monoisotopic (exact) mass is 334 g/mol. The summed E-state index contributed by atoms with van der Waals surface area (Å²) in [7, 11) is 4.71. The van der Waals surface area contributed by atoms with Crippen molar-refractivity contribution in [3.8, 4) is 17.2 Å². The van der Waals surface area contributed by atoms with Crippen LogP contribution in [0.5, 0.6) is 17.2 Å². The summed E-state index contributed by atoms with van der Waals surface area (Å²) in [5.74, 6) is 3.09. The van der Waals surface area contributed by atoms with Crippen LogP contribution in [0.1, 0.15) is 25.7 Å². The van der Waals surface area contributed by atoms with E-state index in [0.29, 0.717) is 35.1 Å². The van der Waals surface area contributed by atoms with Gasteiger partial charge in [-0.2, -0.15) is 0 Å². The molecule has 6 nitrogen and oxygen atoms in total. The maximum Gasteiger partial charge on any atom is 0.239 e. The predicted molar refractivity (Wildman–Crippen MR) is 92.0 cm³/mol. The second kappa shape index (κ2) is 7.20. The Bertz CT molecular complexity index is 560. The number of hydrogen-bond donors (Lipinski definition) is 2. The molecule has 2 aliphatic carbocycles. The van der Waals surface area contributed by atoms with E-state index in [2.05, 4.69) is 10.6 Å². The van der Waals surface area contributed by atoms with Crippen LogP contribution in [0.2, 0.25) is 0 Å². The molecule has 0 unspecified atom stereocenters. The van der Waals surface area contributed by atoms with Gasteiger partial charge in [-0.05, 0) is 37.5 Å². The third kappa shape index (κ3) is 3.86. The van der Waals surface area contributed by atoms with Crippen LogP contribution in [0, 0.1) is 11.8 Å². The van der Waals surface area contributed by atoms with Crippen LogP contribution in [0.25, 0.3) is 0 Å². The number of hydrogen-bond acceptors (Lipinski definition) is 5. The fourth-order valence-corrected chi connectivity index (χ4v) is 3.13. The lowest BCUT2D eigenvalue weighted by Crippen LogP contribution is -2.41. The molecule has 0 heterocycles. The van der Waals surface area contributed by atoms with Gasteiger partial charge in [-0.15, -0.1) is 0 Å². The maximum absolute atomic E-state index is 12.3. The van der Waals surface area contributed by atoms with Crippen LogP contribution in [-0.2, 0) is 4.79 Å². The average molecular weight is 334 g/mol. The first-order chi connectivity index (χ1) is 11.7. The smallest absolute Gasteiger partial charge is 0.239 e. The third-order valence-corrected chi connectivity index (χ3v) is 4.71. The molecule has 2 fully saturated rings. The Kier molecular flexibility index (Phi) is 5.02. The van der Waals surface area contributed by atoms with Gasteiger partial charge in [0.1, 0.15) is 0 Å². The minimum absolute atomic E-state index is 0.0348. The number of amides is 1. The molecule has 0 spiro atoms. The number of nitrogens with one attached hydrogen (secondary N) is 2. The molecular formula is C18H26N2O4. The molecular weight excluding hydrogens is 308 g/mol. The van der Waals surface area contributed by atoms with Crippen LogP contribution < -0.4 is 24.8 Å². The predicted octanol–water partition coefficient (Wildman–Crippen LogP) is 2.43. The zero-order valence-corrected chi connectivity index (χ0v) is 14.6. The van der Waals surface area contributed by atoms with E-state index in [9.17, 15) is 4.79 Å². The van der Waals surface area contributed by atoms with E-state index in [0.717, 1.165) is 5.69 Å². The van der Waals surface area contributed by atoms with E-state index in [1.165, 1.54) is 25.7 Å². The third-order valence-electron chi connectivity index (χ3n) is 4.71. The SMILES string of the molecule is COc1cc(NCC(=O)NC(C2CC2)C2CC2)cc(OC)c1OC.